The number of hydrogen-bond donors (Lipinski definition) is 1. The van der Waals surface area contributed by atoms with E-state index in [0.717, 1.165) is 11.4 Å². The van der Waals surface area contributed by atoms with Gasteiger partial charge in [0.25, 0.3) is 0 Å². The summed E-state index contributed by atoms with van der Waals surface area (Å²) in [5.41, 5.74) is 0.912. The summed E-state index contributed by atoms with van der Waals surface area (Å²) >= 11 is 11.4. The van der Waals surface area contributed by atoms with Crippen LogP contribution in [0.1, 0.15) is 0 Å². The summed E-state index contributed by atoms with van der Waals surface area (Å²) in [7, 11) is 3.55. The predicted octanol–water partition coefficient (Wildman–Crippen LogP) is 4.06. The molecular weight excluding hydrogens is 332 g/mol. The van der Waals surface area contributed by atoms with E-state index in [1.165, 1.54) is 0 Å². The van der Waals surface area contributed by atoms with E-state index in [2.05, 4.69) is 5.32 Å². The first kappa shape index (κ1) is 17.4. The van der Waals surface area contributed by atoms with E-state index in [9.17, 15) is 0 Å². The summed E-state index contributed by atoms with van der Waals surface area (Å²) in [6.07, 6.45) is 0. The number of ether oxygens (including phenoxy) is 2. The molecule has 23 heavy (non-hydrogen) atoms. The van der Waals surface area contributed by atoms with Gasteiger partial charge >= 0.3 is 0 Å². The first-order chi connectivity index (χ1) is 11.1. The van der Waals surface area contributed by atoms with Gasteiger partial charge in [0, 0.05) is 12.7 Å². The van der Waals surface area contributed by atoms with E-state index in [-0.39, 0.29) is 0 Å². The number of thiocarbonyl (C=S) groups is 1. The standard InChI is InChI=1S/C17H19ClN2O2S/c1-20(11-12-22-16-6-4-3-5-15(16)18)17(23)19-13-7-9-14(21-2)10-8-13/h3-10H,11-12H2,1-2H3,(H,19,23). The molecule has 2 aromatic rings. The largest absolute Gasteiger partial charge is 0.497 e. The second-order valence-corrected chi connectivity index (χ2v) is 5.65. The molecule has 0 saturated carbocycles. The summed E-state index contributed by atoms with van der Waals surface area (Å²) in [5, 5.41) is 4.40. The highest BCUT2D eigenvalue weighted by Crippen LogP contribution is 2.22. The van der Waals surface area contributed by atoms with Crippen molar-refractivity contribution in [2.45, 2.75) is 0 Å². The van der Waals surface area contributed by atoms with E-state index in [0.29, 0.717) is 29.0 Å². The Bertz CT molecular complexity index is 649. The predicted molar refractivity (Wildman–Crippen MR) is 98.8 cm³/mol. The Hall–Kier alpha value is -1.98. The van der Waals surface area contributed by atoms with Crippen molar-refractivity contribution in [1.82, 2.24) is 4.90 Å². The zero-order valence-electron chi connectivity index (χ0n) is 13.1. The van der Waals surface area contributed by atoms with Crippen LogP contribution >= 0.6 is 23.8 Å². The maximum atomic E-state index is 6.05. The Balaban J connectivity index is 1.79. The van der Waals surface area contributed by atoms with Gasteiger partial charge in [-0.2, -0.15) is 0 Å². The van der Waals surface area contributed by atoms with Crippen molar-refractivity contribution >= 4 is 34.6 Å². The lowest BCUT2D eigenvalue weighted by atomic mass is 10.3. The Labute approximate surface area is 147 Å². The SMILES string of the molecule is COc1ccc(NC(=S)N(C)CCOc2ccccc2Cl)cc1. The van der Waals surface area contributed by atoms with Gasteiger partial charge in [-0.15, -0.1) is 0 Å². The molecule has 1 N–H and O–H groups in total. The Morgan fingerprint density at radius 3 is 2.52 bits per heavy atom. The molecular formula is C17H19ClN2O2S. The van der Waals surface area contributed by atoms with Gasteiger partial charge in [0.05, 0.1) is 18.7 Å². The molecule has 6 heteroatoms. The number of halogens is 1. The second-order valence-electron chi connectivity index (χ2n) is 4.86. The minimum Gasteiger partial charge on any atom is -0.497 e. The van der Waals surface area contributed by atoms with Crippen molar-refractivity contribution in [3.8, 4) is 11.5 Å². The first-order valence-electron chi connectivity index (χ1n) is 7.13. The van der Waals surface area contributed by atoms with E-state index in [4.69, 9.17) is 33.3 Å². The van der Waals surface area contributed by atoms with Crippen LogP contribution in [0, 0.1) is 0 Å². The molecule has 4 nitrogen and oxygen atoms in total. The van der Waals surface area contributed by atoms with Crippen LogP contribution in [0.4, 0.5) is 5.69 Å². The van der Waals surface area contributed by atoms with Crippen LogP contribution in [0.5, 0.6) is 11.5 Å². The molecule has 0 unspecified atom stereocenters. The summed E-state index contributed by atoms with van der Waals surface area (Å²) in [6, 6.07) is 15.0. The molecule has 0 radical (unpaired) electrons. The van der Waals surface area contributed by atoms with Crippen LogP contribution in [0.2, 0.25) is 5.02 Å². The Kier molecular flexibility index (Phi) is 6.50. The van der Waals surface area contributed by atoms with Crippen molar-refractivity contribution in [2.24, 2.45) is 0 Å². The van der Waals surface area contributed by atoms with Crippen LogP contribution < -0.4 is 14.8 Å². The summed E-state index contributed by atoms with van der Waals surface area (Å²) < 4.78 is 10.8. The first-order valence-corrected chi connectivity index (χ1v) is 7.92. The van der Waals surface area contributed by atoms with Gasteiger partial charge in [-0.3, -0.25) is 0 Å². The number of anilines is 1. The van der Waals surface area contributed by atoms with Gasteiger partial charge in [-0.1, -0.05) is 23.7 Å². The molecule has 0 aliphatic rings. The average molecular weight is 351 g/mol. The molecule has 2 rings (SSSR count). The minimum absolute atomic E-state index is 0.491. The average Bonchev–Trinajstić information content (AvgIpc) is 2.57. The van der Waals surface area contributed by atoms with Gasteiger partial charge in [0.1, 0.15) is 18.1 Å². The third kappa shape index (κ3) is 5.30. The molecule has 0 fully saturated rings. The van der Waals surface area contributed by atoms with Crippen molar-refractivity contribution in [3.63, 3.8) is 0 Å². The highest BCUT2D eigenvalue weighted by Gasteiger charge is 2.06. The van der Waals surface area contributed by atoms with Gasteiger partial charge in [-0.25, -0.2) is 0 Å². The number of para-hydroxylation sites is 1. The molecule has 0 bridgehead atoms. The Morgan fingerprint density at radius 1 is 1.17 bits per heavy atom. The molecule has 0 spiro atoms. The topological polar surface area (TPSA) is 33.7 Å². The lowest BCUT2D eigenvalue weighted by Crippen LogP contribution is -2.34. The minimum atomic E-state index is 0.491. The number of nitrogens with one attached hydrogen (secondary N) is 1. The third-order valence-electron chi connectivity index (χ3n) is 3.21. The molecule has 0 saturated heterocycles. The molecule has 0 heterocycles. The fraction of sp³-hybridized carbons (Fsp3) is 0.235. The number of likely N-dealkylation sites (N-methyl/N-ethyl adjacent to an activating group) is 1. The molecule has 122 valence electrons. The number of methoxy groups -OCH3 is 1. The van der Waals surface area contributed by atoms with Gasteiger partial charge in [-0.05, 0) is 48.6 Å². The van der Waals surface area contributed by atoms with Gasteiger partial charge in [0.2, 0.25) is 0 Å². The Morgan fingerprint density at radius 2 is 1.87 bits per heavy atom. The fourth-order valence-electron chi connectivity index (χ4n) is 1.85. The summed E-state index contributed by atoms with van der Waals surface area (Å²) in [5.74, 6) is 1.49. The highest BCUT2D eigenvalue weighted by molar-refractivity contribution is 7.80. The monoisotopic (exact) mass is 350 g/mol. The number of nitrogens with zero attached hydrogens (tertiary/aromatic N) is 1. The molecule has 0 atom stereocenters. The van der Waals surface area contributed by atoms with Gasteiger partial charge < -0.3 is 19.7 Å². The molecule has 0 aliphatic heterocycles. The van der Waals surface area contributed by atoms with Gasteiger partial charge in [0.15, 0.2) is 5.11 Å². The zero-order chi connectivity index (χ0) is 16.7. The van der Waals surface area contributed by atoms with E-state index < -0.39 is 0 Å². The molecule has 0 aromatic heterocycles. The highest BCUT2D eigenvalue weighted by atomic mass is 35.5. The number of rotatable bonds is 6. The summed E-state index contributed by atoms with van der Waals surface area (Å²) in [4.78, 5) is 1.91. The fourth-order valence-corrected chi connectivity index (χ4v) is 2.25. The number of benzene rings is 2. The smallest absolute Gasteiger partial charge is 0.173 e. The van der Waals surface area contributed by atoms with Crippen molar-refractivity contribution in [3.05, 3.63) is 53.6 Å². The molecule has 0 amide bonds. The second kappa shape index (κ2) is 8.60. The van der Waals surface area contributed by atoms with E-state index in [1.807, 2.05) is 54.4 Å². The zero-order valence-corrected chi connectivity index (χ0v) is 14.7. The van der Waals surface area contributed by atoms with E-state index in [1.54, 1.807) is 13.2 Å². The van der Waals surface area contributed by atoms with Crippen LogP contribution in [-0.2, 0) is 0 Å². The summed E-state index contributed by atoms with van der Waals surface area (Å²) in [6.45, 7) is 1.14. The van der Waals surface area contributed by atoms with Crippen molar-refractivity contribution in [1.29, 1.82) is 0 Å². The third-order valence-corrected chi connectivity index (χ3v) is 3.93. The van der Waals surface area contributed by atoms with Crippen molar-refractivity contribution < 1.29 is 9.47 Å². The van der Waals surface area contributed by atoms with Crippen LogP contribution in [0.25, 0.3) is 0 Å². The molecule has 0 aliphatic carbocycles. The van der Waals surface area contributed by atoms with Crippen molar-refractivity contribution in [2.75, 3.05) is 32.6 Å². The lowest BCUT2D eigenvalue weighted by Gasteiger charge is -2.21. The normalized spacial score (nSPS) is 10.0. The number of hydrogen-bond acceptors (Lipinski definition) is 3. The van der Waals surface area contributed by atoms with Crippen LogP contribution in [0.3, 0.4) is 0 Å². The lowest BCUT2D eigenvalue weighted by molar-refractivity contribution is 0.285. The quantitative estimate of drug-likeness (QED) is 0.795. The van der Waals surface area contributed by atoms with Crippen LogP contribution in [-0.4, -0.2) is 37.3 Å². The van der Waals surface area contributed by atoms with E-state index >= 15 is 0 Å². The maximum absolute atomic E-state index is 6.05. The maximum Gasteiger partial charge on any atom is 0.173 e. The van der Waals surface area contributed by atoms with Crippen LogP contribution in [0.15, 0.2) is 48.5 Å². The molecule has 2 aromatic carbocycles.